The van der Waals surface area contributed by atoms with E-state index in [9.17, 15) is 5.11 Å². The summed E-state index contributed by atoms with van der Waals surface area (Å²) in [6, 6.07) is 9.08. The molecule has 2 aromatic rings. The predicted molar refractivity (Wildman–Crippen MR) is 68.0 cm³/mol. The molecule has 0 aliphatic heterocycles. The maximum Gasteiger partial charge on any atom is 0.115 e. The van der Waals surface area contributed by atoms with Gasteiger partial charge in [0.2, 0.25) is 0 Å². The molecule has 0 saturated carbocycles. The van der Waals surface area contributed by atoms with Crippen LogP contribution in [-0.4, -0.2) is 14.9 Å². The minimum atomic E-state index is 0.284. The van der Waals surface area contributed by atoms with Gasteiger partial charge < -0.3 is 10.4 Å². The molecule has 0 aliphatic carbocycles. The van der Waals surface area contributed by atoms with Crippen molar-refractivity contribution in [1.29, 1.82) is 0 Å². The molecule has 1 aromatic heterocycles. The number of phenols is 1. The maximum absolute atomic E-state index is 9.18. The largest absolute Gasteiger partial charge is 0.508 e. The van der Waals surface area contributed by atoms with Crippen molar-refractivity contribution < 1.29 is 5.11 Å². The molecular formula is C13H17N3O. The van der Waals surface area contributed by atoms with E-state index >= 15 is 0 Å². The molecule has 0 fully saturated rings. The highest BCUT2D eigenvalue weighted by Gasteiger charge is 2.01. The molecule has 1 heterocycles. The molecule has 90 valence electrons. The SMILES string of the molecule is CCCn1nccc1CNc1ccc(O)cc1. The first kappa shape index (κ1) is 11.5. The third kappa shape index (κ3) is 3.00. The Morgan fingerprint density at radius 3 is 2.71 bits per heavy atom. The van der Waals surface area contributed by atoms with E-state index in [4.69, 9.17) is 0 Å². The van der Waals surface area contributed by atoms with Crippen molar-refractivity contribution in [3.05, 3.63) is 42.2 Å². The third-order valence-electron chi connectivity index (χ3n) is 2.58. The van der Waals surface area contributed by atoms with Gasteiger partial charge in [-0.1, -0.05) is 6.92 Å². The second-order valence-electron chi connectivity index (χ2n) is 3.95. The van der Waals surface area contributed by atoms with E-state index in [-0.39, 0.29) is 5.75 Å². The highest BCUT2D eigenvalue weighted by Crippen LogP contribution is 2.14. The van der Waals surface area contributed by atoms with Crippen LogP contribution in [0.5, 0.6) is 5.75 Å². The Labute approximate surface area is 101 Å². The minimum Gasteiger partial charge on any atom is -0.508 e. The molecule has 0 radical (unpaired) electrons. The lowest BCUT2D eigenvalue weighted by atomic mass is 10.3. The number of aryl methyl sites for hydroxylation is 1. The van der Waals surface area contributed by atoms with Gasteiger partial charge in [0, 0.05) is 18.4 Å². The first-order valence-electron chi connectivity index (χ1n) is 5.83. The Bertz CT molecular complexity index is 462. The zero-order valence-electron chi connectivity index (χ0n) is 9.93. The highest BCUT2D eigenvalue weighted by atomic mass is 16.3. The molecule has 0 amide bonds. The van der Waals surface area contributed by atoms with E-state index < -0.39 is 0 Å². The number of hydrogen-bond acceptors (Lipinski definition) is 3. The lowest BCUT2D eigenvalue weighted by Gasteiger charge is -2.08. The Hall–Kier alpha value is -1.97. The lowest BCUT2D eigenvalue weighted by molar-refractivity contribution is 0.475. The first-order valence-corrected chi connectivity index (χ1v) is 5.83. The molecule has 2 N–H and O–H groups in total. The van der Waals surface area contributed by atoms with Crippen LogP contribution in [0.1, 0.15) is 19.0 Å². The van der Waals surface area contributed by atoms with Crippen LogP contribution < -0.4 is 5.32 Å². The highest BCUT2D eigenvalue weighted by molar-refractivity contribution is 5.46. The first-order chi connectivity index (χ1) is 8.29. The number of nitrogens with zero attached hydrogens (tertiary/aromatic N) is 2. The number of rotatable bonds is 5. The van der Waals surface area contributed by atoms with E-state index in [0.29, 0.717) is 0 Å². The van der Waals surface area contributed by atoms with Gasteiger partial charge in [0.15, 0.2) is 0 Å². The maximum atomic E-state index is 9.18. The fraction of sp³-hybridized carbons (Fsp3) is 0.308. The Kier molecular flexibility index (Phi) is 3.65. The van der Waals surface area contributed by atoms with E-state index in [1.165, 1.54) is 5.69 Å². The van der Waals surface area contributed by atoms with Gasteiger partial charge >= 0.3 is 0 Å². The molecule has 2 rings (SSSR count). The van der Waals surface area contributed by atoms with Gasteiger partial charge in [-0.05, 0) is 36.8 Å². The monoisotopic (exact) mass is 231 g/mol. The van der Waals surface area contributed by atoms with Gasteiger partial charge in [-0.25, -0.2) is 0 Å². The van der Waals surface area contributed by atoms with Gasteiger partial charge in [0.25, 0.3) is 0 Å². The number of hydrogen-bond donors (Lipinski definition) is 2. The predicted octanol–water partition coefficient (Wildman–Crippen LogP) is 2.61. The smallest absolute Gasteiger partial charge is 0.115 e. The van der Waals surface area contributed by atoms with Crippen molar-refractivity contribution in [3.63, 3.8) is 0 Å². The average molecular weight is 231 g/mol. The number of aromatic hydroxyl groups is 1. The van der Waals surface area contributed by atoms with Gasteiger partial charge in [0.1, 0.15) is 5.75 Å². The molecule has 0 saturated heterocycles. The van der Waals surface area contributed by atoms with Crippen molar-refractivity contribution in [2.45, 2.75) is 26.4 Å². The summed E-state index contributed by atoms with van der Waals surface area (Å²) in [5.41, 5.74) is 2.16. The summed E-state index contributed by atoms with van der Waals surface area (Å²) >= 11 is 0. The minimum absolute atomic E-state index is 0.284. The second-order valence-corrected chi connectivity index (χ2v) is 3.95. The number of phenolic OH excluding ortho intramolecular Hbond substituents is 1. The number of aromatic nitrogens is 2. The van der Waals surface area contributed by atoms with Crippen molar-refractivity contribution in [2.24, 2.45) is 0 Å². The summed E-state index contributed by atoms with van der Waals surface area (Å²) in [7, 11) is 0. The summed E-state index contributed by atoms with van der Waals surface area (Å²) in [4.78, 5) is 0. The molecule has 4 heteroatoms. The van der Waals surface area contributed by atoms with Crippen LogP contribution in [0.2, 0.25) is 0 Å². The number of nitrogens with one attached hydrogen (secondary N) is 1. The average Bonchev–Trinajstić information content (AvgIpc) is 2.77. The van der Waals surface area contributed by atoms with E-state index in [1.807, 2.05) is 29.1 Å². The topological polar surface area (TPSA) is 50.1 Å². The van der Waals surface area contributed by atoms with Crippen molar-refractivity contribution in [1.82, 2.24) is 9.78 Å². The van der Waals surface area contributed by atoms with Crippen LogP contribution in [0.25, 0.3) is 0 Å². The third-order valence-corrected chi connectivity index (χ3v) is 2.58. The van der Waals surface area contributed by atoms with Gasteiger partial charge in [0.05, 0.1) is 12.2 Å². The molecule has 4 nitrogen and oxygen atoms in total. The summed E-state index contributed by atoms with van der Waals surface area (Å²) < 4.78 is 2.01. The quantitative estimate of drug-likeness (QED) is 0.778. The fourth-order valence-corrected chi connectivity index (χ4v) is 1.70. The normalized spacial score (nSPS) is 10.4. The van der Waals surface area contributed by atoms with Crippen molar-refractivity contribution in [3.8, 4) is 5.75 Å². The van der Waals surface area contributed by atoms with E-state index in [2.05, 4.69) is 17.3 Å². The molecule has 0 spiro atoms. The molecule has 0 aliphatic rings. The second kappa shape index (κ2) is 5.39. The van der Waals surface area contributed by atoms with Crippen LogP contribution in [0.15, 0.2) is 36.5 Å². The zero-order chi connectivity index (χ0) is 12.1. The molecule has 0 atom stereocenters. The number of benzene rings is 1. The van der Waals surface area contributed by atoms with Gasteiger partial charge in [-0.3, -0.25) is 4.68 Å². The molecule has 17 heavy (non-hydrogen) atoms. The fourth-order valence-electron chi connectivity index (χ4n) is 1.70. The van der Waals surface area contributed by atoms with Gasteiger partial charge in [-0.15, -0.1) is 0 Å². The summed E-state index contributed by atoms with van der Waals surface area (Å²) in [6.45, 7) is 3.82. The zero-order valence-corrected chi connectivity index (χ0v) is 9.93. The summed E-state index contributed by atoms with van der Waals surface area (Å²) in [5.74, 6) is 0.284. The number of anilines is 1. The van der Waals surface area contributed by atoms with Crippen LogP contribution in [0.4, 0.5) is 5.69 Å². The Balaban J connectivity index is 1.97. The van der Waals surface area contributed by atoms with Crippen molar-refractivity contribution >= 4 is 5.69 Å². The standard InChI is InChI=1S/C13H17N3O/c1-2-9-16-12(7-8-15-16)10-14-11-3-5-13(17)6-4-11/h3-8,14,17H,2,9-10H2,1H3. The molecular weight excluding hydrogens is 214 g/mol. The summed E-state index contributed by atoms with van der Waals surface area (Å²) in [6.07, 6.45) is 2.90. The van der Waals surface area contributed by atoms with E-state index in [0.717, 1.165) is 25.2 Å². The molecule has 0 unspecified atom stereocenters. The Morgan fingerprint density at radius 2 is 2.00 bits per heavy atom. The lowest BCUT2D eigenvalue weighted by Crippen LogP contribution is -2.08. The van der Waals surface area contributed by atoms with E-state index in [1.54, 1.807) is 12.1 Å². The van der Waals surface area contributed by atoms with Gasteiger partial charge in [-0.2, -0.15) is 5.10 Å². The van der Waals surface area contributed by atoms with Crippen LogP contribution in [-0.2, 0) is 13.1 Å². The van der Waals surface area contributed by atoms with Crippen LogP contribution in [0.3, 0.4) is 0 Å². The molecule has 1 aromatic carbocycles. The Morgan fingerprint density at radius 1 is 1.24 bits per heavy atom. The summed E-state index contributed by atoms with van der Waals surface area (Å²) in [5, 5.41) is 16.8. The van der Waals surface area contributed by atoms with Crippen molar-refractivity contribution in [2.75, 3.05) is 5.32 Å². The molecule has 0 bridgehead atoms. The van der Waals surface area contributed by atoms with Crippen LogP contribution >= 0.6 is 0 Å². The van der Waals surface area contributed by atoms with Crippen LogP contribution in [0, 0.1) is 0 Å².